The number of phenolic OH excluding ortho intramolecular Hbond substituents is 1. The fourth-order valence-electron chi connectivity index (χ4n) is 8.04. The fourth-order valence-corrected chi connectivity index (χ4v) is 8.49. The van der Waals surface area contributed by atoms with Crippen LogP contribution in [0.1, 0.15) is 105 Å². The van der Waals surface area contributed by atoms with Crippen molar-refractivity contribution in [1.82, 2.24) is 31.5 Å². The highest BCUT2D eigenvalue weighted by Crippen LogP contribution is 2.53. The number of amides is 7. The third kappa shape index (κ3) is 16.1. The minimum absolute atomic E-state index is 0.0124. The Kier molecular flexibility index (Phi) is 20.9. The van der Waals surface area contributed by atoms with Crippen molar-refractivity contribution in [2.24, 2.45) is 35.1 Å². The number of hydrogen-bond donors (Lipinski definition) is 8. The summed E-state index contributed by atoms with van der Waals surface area (Å²) in [5, 5.41) is 23.2. The van der Waals surface area contributed by atoms with Crippen LogP contribution in [0.2, 0.25) is 0 Å². The standard InChI is InChI=1S/C46H72N8O12S/c1-10-25(5)37(48)44(63)54(8)33(21-28-12-14-29(55)15-13-28)42(61)51-38(26(6)11-2)45(64)66-27(7)39(52-40(59)31(16-17-35(47)57)49-36(58)23-67(9)65)43(62)50-32(20-24(3)4)41(60)53-46-19-18-34(56)30(46)22-46/h12-15,24-27,30-33,37-39,55H,10-11,16-23,48H2,1-9H3,(H2,47,57)(H,49,58)(H,50,62)(H,51,61)(H,52,59)(H,53,60)/t25?,26-,27?,30?,31+,32?,33?,37?,38?,39+,46?,67?/m1/s1. The number of ether oxygens (including phenoxy) is 1. The molecule has 0 saturated heterocycles. The Hall–Kier alpha value is -5.44. The molecular weight excluding hydrogens is 889 g/mol. The van der Waals surface area contributed by atoms with Crippen LogP contribution in [0, 0.1) is 23.7 Å². The molecule has 0 aliphatic heterocycles. The van der Waals surface area contributed by atoms with Gasteiger partial charge < -0.3 is 52.8 Å². The number of nitrogens with two attached hydrogens (primary N) is 2. The maximum Gasteiger partial charge on any atom is 0.329 e. The highest BCUT2D eigenvalue weighted by atomic mass is 32.2. The van der Waals surface area contributed by atoms with Crippen LogP contribution in [0.3, 0.4) is 0 Å². The zero-order valence-corrected chi connectivity index (χ0v) is 41.0. The van der Waals surface area contributed by atoms with E-state index in [1.54, 1.807) is 26.0 Å². The van der Waals surface area contributed by atoms with E-state index in [-0.39, 0.29) is 55.0 Å². The lowest BCUT2D eigenvalue weighted by Crippen LogP contribution is -2.62. The number of primary amides is 1. The van der Waals surface area contributed by atoms with Crippen LogP contribution in [-0.2, 0) is 65.1 Å². The number of esters is 1. The van der Waals surface area contributed by atoms with Crippen LogP contribution in [0.25, 0.3) is 0 Å². The molecule has 0 bridgehead atoms. The lowest BCUT2D eigenvalue weighted by molar-refractivity contribution is -0.158. The molecule has 1 aromatic carbocycles. The van der Waals surface area contributed by atoms with E-state index in [0.29, 0.717) is 37.7 Å². The van der Waals surface area contributed by atoms with Crippen molar-refractivity contribution in [3.63, 3.8) is 0 Å². The molecule has 67 heavy (non-hydrogen) atoms. The molecule has 9 unspecified atom stereocenters. The van der Waals surface area contributed by atoms with Crippen LogP contribution in [0.4, 0.5) is 0 Å². The van der Waals surface area contributed by atoms with Gasteiger partial charge in [0.25, 0.3) is 0 Å². The van der Waals surface area contributed by atoms with E-state index in [1.807, 2.05) is 27.7 Å². The van der Waals surface area contributed by atoms with Gasteiger partial charge in [-0.25, -0.2) is 4.79 Å². The molecule has 3 rings (SSSR count). The van der Waals surface area contributed by atoms with Gasteiger partial charge in [0.1, 0.15) is 53.6 Å². The summed E-state index contributed by atoms with van der Waals surface area (Å²) >= 11 is 0. The summed E-state index contributed by atoms with van der Waals surface area (Å²) in [6, 6.07) is -1.87. The van der Waals surface area contributed by atoms with Crippen molar-refractivity contribution in [3.05, 3.63) is 29.8 Å². The number of Topliss-reactive ketones (excluding diaryl/α,β-unsaturated/α-hetero) is 1. The van der Waals surface area contributed by atoms with Crippen LogP contribution in [-0.4, -0.2) is 134 Å². The molecule has 374 valence electrons. The number of hydrogen-bond acceptors (Lipinski definition) is 13. The average molecular weight is 961 g/mol. The molecule has 12 atom stereocenters. The fraction of sp³-hybridized carbons (Fsp3) is 0.674. The van der Waals surface area contributed by atoms with E-state index < -0.39 is 118 Å². The van der Waals surface area contributed by atoms with Gasteiger partial charge in [-0.2, -0.15) is 0 Å². The lowest BCUT2D eigenvalue weighted by Gasteiger charge is -2.33. The second kappa shape index (κ2) is 25.1. The molecule has 10 N–H and O–H groups in total. The van der Waals surface area contributed by atoms with E-state index in [2.05, 4.69) is 26.6 Å². The molecule has 2 saturated carbocycles. The molecule has 0 heterocycles. The number of ketones is 1. The predicted octanol–water partition coefficient (Wildman–Crippen LogP) is -0.0200. The number of rotatable bonds is 27. The Morgan fingerprint density at radius 1 is 0.866 bits per heavy atom. The molecule has 0 aromatic heterocycles. The minimum atomic E-state index is -1.76. The maximum absolute atomic E-state index is 14.4. The lowest BCUT2D eigenvalue weighted by atomic mass is 9.96. The molecule has 2 aliphatic rings. The topological polar surface area (TPSA) is 316 Å². The second-order valence-corrected chi connectivity index (χ2v) is 20.1. The van der Waals surface area contributed by atoms with E-state index in [0.717, 1.165) is 0 Å². The summed E-state index contributed by atoms with van der Waals surface area (Å²) in [6.45, 7) is 12.1. The monoisotopic (exact) mass is 960 g/mol. The molecule has 2 fully saturated rings. The van der Waals surface area contributed by atoms with E-state index in [4.69, 9.17) is 16.2 Å². The summed E-state index contributed by atoms with van der Waals surface area (Å²) in [5.74, 6) is -8.07. The van der Waals surface area contributed by atoms with Crippen LogP contribution in [0.5, 0.6) is 5.75 Å². The summed E-state index contributed by atoms with van der Waals surface area (Å²) in [7, 11) is -0.173. The van der Waals surface area contributed by atoms with Crippen molar-refractivity contribution in [3.8, 4) is 5.75 Å². The van der Waals surface area contributed by atoms with Crippen LogP contribution < -0.4 is 38.1 Å². The van der Waals surface area contributed by atoms with E-state index in [1.165, 1.54) is 37.3 Å². The van der Waals surface area contributed by atoms with Crippen molar-refractivity contribution >= 4 is 63.9 Å². The molecule has 0 radical (unpaired) electrons. The first-order chi connectivity index (χ1) is 31.3. The number of fused-ring (bicyclic) bond motifs is 1. The normalized spacial score (nSPS) is 20.8. The first-order valence-corrected chi connectivity index (χ1v) is 24.7. The predicted molar refractivity (Wildman–Crippen MR) is 249 cm³/mol. The van der Waals surface area contributed by atoms with Gasteiger partial charge in [-0.3, -0.25) is 42.6 Å². The quantitative estimate of drug-likeness (QED) is 0.0539. The van der Waals surface area contributed by atoms with E-state index in [9.17, 15) is 52.5 Å². The van der Waals surface area contributed by atoms with Crippen molar-refractivity contribution in [2.45, 2.75) is 154 Å². The minimum Gasteiger partial charge on any atom is -0.508 e. The summed E-state index contributed by atoms with van der Waals surface area (Å²) in [5.41, 5.74) is 11.6. The number of nitrogens with zero attached hydrogens (tertiary/aromatic N) is 1. The Morgan fingerprint density at radius 3 is 2.00 bits per heavy atom. The Bertz CT molecular complexity index is 2000. The van der Waals surface area contributed by atoms with Gasteiger partial charge in [-0.05, 0) is 68.1 Å². The van der Waals surface area contributed by atoms with Gasteiger partial charge in [0.05, 0.1) is 11.6 Å². The smallest absolute Gasteiger partial charge is 0.329 e. The molecule has 7 amide bonds. The number of carbonyl (C=O) groups excluding carboxylic acids is 9. The Labute approximate surface area is 395 Å². The van der Waals surface area contributed by atoms with Gasteiger partial charge in [-0.15, -0.1) is 0 Å². The average Bonchev–Trinajstić information content (AvgIpc) is 3.89. The molecule has 21 heteroatoms. The maximum atomic E-state index is 14.4. The molecule has 1 aromatic rings. The molecular formula is C46H72N8O12S. The van der Waals surface area contributed by atoms with Crippen molar-refractivity contribution < 1.29 is 57.2 Å². The number of phenols is 1. The first kappa shape index (κ1) is 55.9. The third-order valence-electron chi connectivity index (χ3n) is 12.8. The largest absolute Gasteiger partial charge is 0.508 e. The zero-order valence-electron chi connectivity index (χ0n) is 40.2. The zero-order chi connectivity index (χ0) is 50.5. The summed E-state index contributed by atoms with van der Waals surface area (Å²) in [4.78, 5) is 123. The van der Waals surface area contributed by atoms with Gasteiger partial charge in [0, 0.05) is 49.3 Å². The third-order valence-corrected chi connectivity index (χ3v) is 13.5. The van der Waals surface area contributed by atoms with Gasteiger partial charge in [0.2, 0.25) is 41.4 Å². The van der Waals surface area contributed by atoms with Gasteiger partial charge in [0.15, 0.2) is 0 Å². The van der Waals surface area contributed by atoms with Gasteiger partial charge in [-0.1, -0.05) is 66.5 Å². The highest BCUT2D eigenvalue weighted by molar-refractivity contribution is 7.85. The number of likely N-dealkylation sites (N-methyl/N-ethyl adjacent to an activating group) is 1. The number of nitrogens with one attached hydrogen (secondary N) is 5. The molecule has 20 nitrogen and oxygen atoms in total. The number of aromatic hydroxyl groups is 1. The SMILES string of the molecule is CCC(C)C(N)C(=O)N(C)C(Cc1ccc(O)cc1)C(=O)NC(C(=O)OC(C)[C@H](NC(=O)[C@H](CCC(N)=O)NC(=O)CS(C)=O)C(=O)NC(CC(C)C)C(=O)NC12CCC(=O)C1C2)[C@H](C)CC. The highest BCUT2D eigenvalue weighted by Gasteiger charge is 2.63. The summed E-state index contributed by atoms with van der Waals surface area (Å²) < 4.78 is 17.7. The molecule has 0 spiro atoms. The van der Waals surface area contributed by atoms with E-state index >= 15 is 0 Å². The van der Waals surface area contributed by atoms with Crippen molar-refractivity contribution in [1.29, 1.82) is 0 Å². The second-order valence-electron chi connectivity index (χ2n) is 18.6. The summed E-state index contributed by atoms with van der Waals surface area (Å²) in [6.07, 6.45) is 1.37. The van der Waals surface area contributed by atoms with Crippen LogP contribution in [0.15, 0.2) is 24.3 Å². The van der Waals surface area contributed by atoms with Crippen molar-refractivity contribution in [2.75, 3.05) is 19.1 Å². The number of carbonyl (C=O) groups is 9. The Balaban J connectivity index is 2.00. The van der Waals surface area contributed by atoms with Crippen LogP contribution >= 0.6 is 0 Å². The molecule has 2 aliphatic carbocycles. The number of benzene rings is 1. The first-order valence-electron chi connectivity index (χ1n) is 23.0. The Morgan fingerprint density at radius 2 is 1.48 bits per heavy atom. The van der Waals surface area contributed by atoms with Gasteiger partial charge >= 0.3 is 5.97 Å².